The van der Waals surface area contributed by atoms with E-state index in [1.165, 1.54) is 18.2 Å². The quantitative estimate of drug-likeness (QED) is 0.749. The van der Waals surface area contributed by atoms with E-state index in [9.17, 15) is 13.6 Å². The SMILES string of the molecule is CC(C)(C)C(NC(=O)Nc1cccc(C(F)F)c1)c1cccs1. The van der Waals surface area contributed by atoms with Crippen LogP contribution in [0.4, 0.5) is 19.3 Å². The van der Waals surface area contributed by atoms with Crippen molar-refractivity contribution < 1.29 is 13.6 Å². The highest BCUT2D eigenvalue weighted by Crippen LogP contribution is 2.35. The van der Waals surface area contributed by atoms with Crippen LogP contribution in [0.5, 0.6) is 0 Å². The first-order chi connectivity index (χ1) is 10.8. The molecule has 0 radical (unpaired) electrons. The number of halogens is 2. The van der Waals surface area contributed by atoms with Gasteiger partial charge in [-0.1, -0.05) is 39.0 Å². The van der Waals surface area contributed by atoms with Gasteiger partial charge in [0, 0.05) is 16.1 Å². The maximum absolute atomic E-state index is 12.7. The largest absolute Gasteiger partial charge is 0.330 e. The van der Waals surface area contributed by atoms with Gasteiger partial charge in [0.05, 0.1) is 6.04 Å². The number of carbonyl (C=O) groups is 1. The van der Waals surface area contributed by atoms with Crippen molar-refractivity contribution in [2.45, 2.75) is 33.2 Å². The molecule has 0 fully saturated rings. The van der Waals surface area contributed by atoms with Crippen LogP contribution in [0.15, 0.2) is 41.8 Å². The van der Waals surface area contributed by atoms with E-state index in [-0.39, 0.29) is 17.0 Å². The molecule has 1 atom stereocenters. The standard InChI is InChI=1S/C17H20F2N2OS/c1-17(2,3)14(13-8-5-9-23-13)21-16(22)20-12-7-4-6-11(10-12)15(18)19/h4-10,14-15H,1-3H3,(H2,20,21,22). The smallest absolute Gasteiger partial charge is 0.319 e. The second kappa shape index (κ2) is 7.08. The van der Waals surface area contributed by atoms with E-state index in [1.54, 1.807) is 17.4 Å². The van der Waals surface area contributed by atoms with Gasteiger partial charge in [-0.2, -0.15) is 0 Å². The molecule has 1 aromatic carbocycles. The molecule has 2 N–H and O–H groups in total. The summed E-state index contributed by atoms with van der Waals surface area (Å²) in [4.78, 5) is 13.3. The number of carbonyl (C=O) groups excluding carboxylic acids is 1. The molecule has 0 spiro atoms. The number of anilines is 1. The van der Waals surface area contributed by atoms with Crippen LogP contribution in [0.25, 0.3) is 0 Å². The summed E-state index contributed by atoms with van der Waals surface area (Å²) in [5.41, 5.74) is 0.0556. The third-order valence-electron chi connectivity index (χ3n) is 3.37. The molecule has 1 heterocycles. The van der Waals surface area contributed by atoms with Crippen LogP contribution in [0.2, 0.25) is 0 Å². The Morgan fingerprint density at radius 1 is 1.17 bits per heavy atom. The van der Waals surface area contributed by atoms with Gasteiger partial charge >= 0.3 is 6.03 Å². The number of nitrogens with one attached hydrogen (secondary N) is 2. The fourth-order valence-corrected chi connectivity index (χ4v) is 3.24. The summed E-state index contributed by atoms with van der Waals surface area (Å²) in [6.45, 7) is 6.11. The number of amides is 2. The first-order valence-electron chi connectivity index (χ1n) is 7.26. The number of hydrogen-bond acceptors (Lipinski definition) is 2. The van der Waals surface area contributed by atoms with Gasteiger partial charge in [0.25, 0.3) is 6.43 Å². The zero-order chi connectivity index (χ0) is 17.0. The minimum Gasteiger partial charge on any atom is -0.330 e. The van der Waals surface area contributed by atoms with E-state index < -0.39 is 12.5 Å². The second-order valence-corrected chi connectivity index (χ2v) is 7.32. The average molecular weight is 338 g/mol. The van der Waals surface area contributed by atoms with Crippen LogP contribution in [0.3, 0.4) is 0 Å². The molecule has 23 heavy (non-hydrogen) atoms. The molecule has 2 rings (SSSR count). The molecule has 124 valence electrons. The maximum Gasteiger partial charge on any atom is 0.319 e. The Morgan fingerprint density at radius 2 is 1.91 bits per heavy atom. The van der Waals surface area contributed by atoms with Gasteiger partial charge in [-0.25, -0.2) is 13.6 Å². The molecule has 0 aliphatic rings. The number of alkyl halides is 2. The van der Waals surface area contributed by atoms with Crippen LogP contribution in [-0.4, -0.2) is 6.03 Å². The zero-order valence-electron chi connectivity index (χ0n) is 13.3. The van der Waals surface area contributed by atoms with Gasteiger partial charge in [0.2, 0.25) is 0 Å². The van der Waals surface area contributed by atoms with Crippen molar-refractivity contribution in [3.05, 3.63) is 52.2 Å². The first-order valence-corrected chi connectivity index (χ1v) is 8.14. The van der Waals surface area contributed by atoms with E-state index in [0.717, 1.165) is 4.88 Å². The molecular weight excluding hydrogens is 318 g/mol. The minimum absolute atomic E-state index is 0.117. The van der Waals surface area contributed by atoms with Crippen molar-refractivity contribution in [3.63, 3.8) is 0 Å². The minimum atomic E-state index is -2.56. The van der Waals surface area contributed by atoms with Gasteiger partial charge in [-0.15, -0.1) is 11.3 Å². The van der Waals surface area contributed by atoms with Gasteiger partial charge < -0.3 is 10.6 Å². The molecule has 6 heteroatoms. The highest BCUT2D eigenvalue weighted by Gasteiger charge is 2.28. The van der Waals surface area contributed by atoms with Crippen molar-refractivity contribution in [3.8, 4) is 0 Å². The zero-order valence-corrected chi connectivity index (χ0v) is 14.1. The van der Waals surface area contributed by atoms with Gasteiger partial charge in [-0.3, -0.25) is 0 Å². The van der Waals surface area contributed by atoms with Crippen molar-refractivity contribution in [1.29, 1.82) is 0 Å². The molecule has 0 aliphatic heterocycles. The second-order valence-electron chi connectivity index (χ2n) is 6.34. The third kappa shape index (κ3) is 4.76. The summed E-state index contributed by atoms with van der Waals surface area (Å²) in [7, 11) is 0. The molecule has 2 amide bonds. The molecule has 1 aromatic heterocycles. The summed E-state index contributed by atoms with van der Waals surface area (Å²) in [5, 5.41) is 7.51. The normalized spacial score (nSPS) is 13.0. The number of urea groups is 1. The molecule has 1 unspecified atom stereocenters. The fraction of sp³-hybridized carbons (Fsp3) is 0.353. The molecule has 2 aromatic rings. The third-order valence-corrected chi connectivity index (χ3v) is 4.30. The number of rotatable bonds is 4. The van der Waals surface area contributed by atoms with Gasteiger partial charge in [0.1, 0.15) is 0 Å². The van der Waals surface area contributed by atoms with Crippen molar-refractivity contribution in [1.82, 2.24) is 5.32 Å². The molecule has 0 aliphatic carbocycles. The molecule has 0 saturated carbocycles. The maximum atomic E-state index is 12.7. The van der Waals surface area contributed by atoms with Crippen LogP contribution in [0.1, 0.15) is 43.7 Å². The molecular formula is C17H20F2N2OS. The molecule has 0 saturated heterocycles. The van der Waals surface area contributed by atoms with E-state index in [2.05, 4.69) is 10.6 Å². The topological polar surface area (TPSA) is 41.1 Å². The summed E-state index contributed by atoms with van der Waals surface area (Å²) in [6.07, 6.45) is -2.56. The number of thiophene rings is 1. The lowest BCUT2D eigenvalue weighted by Gasteiger charge is -2.30. The van der Waals surface area contributed by atoms with Gasteiger partial charge in [-0.05, 0) is 29.0 Å². The van der Waals surface area contributed by atoms with Crippen molar-refractivity contribution in [2.24, 2.45) is 5.41 Å². The van der Waals surface area contributed by atoms with E-state index >= 15 is 0 Å². The average Bonchev–Trinajstić information content (AvgIpc) is 2.97. The lowest BCUT2D eigenvalue weighted by Crippen LogP contribution is -2.38. The highest BCUT2D eigenvalue weighted by atomic mass is 32.1. The summed E-state index contributed by atoms with van der Waals surface area (Å²) >= 11 is 1.57. The van der Waals surface area contributed by atoms with Crippen LogP contribution >= 0.6 is 11.3 Å². The Morgan fingerprint density at radius 3 is 2.48 bits per heavy atom. The molecule has 3 nitrogen and oxygen atoms in total. The number of benzene rings is 1. The Bertz CT molecular complexity index is 651. The Labute approximate surface area is 138 Å². The summed E-state index contributed by atoms with van der Waals surface area (Å²) in [5.74, 6) is 0. The summed E-state index contributed by atoms with van der Waals surface area (Å²) < 4.78 is 25.4. The predicted molar refractivity (Wildman–Crippen MR) is 90.1 cm³/mol. The number of hydrogen-bond donors (Lipinski definition) is 2. The van der Waals surface area contributed by atoms with Crippen molar-refractivity contribution in [2.75, 3.05) is 5.32 Å². The highest BCUT2D eigenvalue weighted by molar-refractivity contribution is 7.10. The Hall–Kier alpha value is -1.95. The molecule has 0 bridgehead atoms. The monoisotopic (exact) mass is 338 g/mol. The van der Waals surface area contributed by atoms with Crippen LogP contribution in [0, 0.1) is 5.41 Å². The summed E-state index contributed by atoms with van der Waals surface area (Å²) in [6, 6.07) is 9.02. The van der Waals surface area contributed by atoms with E-state index in [0.29, 0.717) is 5.69 Å². The van der Waals surface area contributed by atoms with Gasteiger partial charge in [0.15, 0.2) is 0 Å². The fourth-order valence-electron chi connectivity index (χ4n) is 2.22. The van der Waals surface area contributed by atoms with Crippen molar-refractivity contribution >= 4 is 23.1 Å². The van der Waals surface area contributed by atoms with E-state index in [4.69, 9.17) is 0 Å². The van der Waals surface area contributed by atoms with Crippen LogP contribution in [-0.2, 0) is 0 Å². The lowest BCUT2D eigenvalue weighted by atomic mass is 9.86. The Balaban J connectivity index is 2.09. The Kier molecular flexibility index (Phi) is 5.36. The first kappa shape index (κ1) is 17.4. The lowest BCUT2D eigenvalue weighted by molar-refractivity contribution is 0.151. The van der Waals surface area contributed by atoms with Crippen LogP contribution < -0.4 is 10.6 Å². The van der Waals surface area contributed by atoms with E-state index in [1.807, 2.05) is 38.3 Å². The predicted octanol–water partition coefficient (Wildman–Crippen LogP) is 5.59.